The number of rotatable bonds is 8. The van der Waals surface area contributed by atoms with Crippen LogP contribution in [0.15, 0.2) is 48.5 Å². The largest absolute Gasteiger partial charge is 0.489 e. The molecule has 0 aliphatic carbocycles. The molecule has 0 saturated carbocycles. The van der Waals surface area contributed by atoms with E-state index in [1.165, 1.54) is 6.92 Å². The topological polar surface area (TPSA) is 67.4 Å². The molecule has 0 saturated heterocycles. The van der Waals surface area contributed by atoms with Gasteiger partial charge in [-0.2, -0.15) is 0 Å². The number of anilines is 2. The second-order valence-corrected chi connectivity index (χ2v) is 6.02. The Hall–Kier alpha value is -2.82. The molecule has 0 bridgehead atoms. The number of amides is 1. The molecule has 132 valence electrons. The van der Waals surface area contributed by atoms with E-state index < -0.39 is 0 Å². The predicted octanol–water partition coefficient (Wildman–Crippen LogP) is 4.12. The summed E-state index contributed by atoms with van der Waals surface area (Å²) in [5.41, 5.74) is 2.18. The summed E-state index contributed by atoms with van der Waals surface area (Å²) in [5.74, 6) is 0.687. The third-order valence-corrected chi connectivity index (χ3v) is 3.49. The van der Waals surface area contributed by atoms with Gasteiger partial charge in [-0.25, -0.2) is 0 Å². The Morgan fingerprint density at radius 2 is 1.72 bits per heavy atom. The number of hydrogen-bond donors (Lipinski definition) is 2. The highest BCUT2D eigenvalue weighted by atomic mass is 16.5. The highest BCUT2D eigenvalue weighted by Crippen LogP contribution is 2.24. The fourth-order valence-electron chi connectivity index (χ4n) is 2.29. The number of hydrogen-bond acceptors (Lipinski definition) is 4. The molecule has 5 heteroatoms. The lowest BCUT2D eigenvalue weighted by Gasteiger charge is -2.15. The summed E-state index contributed by atoms with van der Waals surface area (Å²) in [6, 6.07) is 14.5. The summed E-state index contributed by atoms with van der Waals surface area (Å²) in [4.78, 5) is 23.3. The zero-order valence-electron chi connectivity index (χ0n) is 14.8. The molecule has 0 aliphatic heterocycles. The molecule has 2 rings (SSSR count). The molecule has 0 atom stereocenters. The Kier molecular flexibility index (Phi) is 6.57. The predicted molar refractivity (Wildman–Crippen MR) is 100 cm³/mol. The van der Waals surface area contributed by atoms with E-state index in [1.54, 1.807) is 24.3 Å². The van der Waals surface area contributed by atoms with Crippen molar-refractivity contribution in [2.24, 2.45) is 0 Å². The van der Waals surface area contributed by atoms with Crippen LogP contribution in [0.5, 0.6) is 5.75 Å². The van der Waals surface area contributed by atoms with E-state index in [2.05, 4.69) is 10.6 Å². The van der Waals surface area contributed by atoms with Crippen LogP contribution < -0.4 is 15.4 Å². The summed E-state index contributed by atoms with van der Waals surface area (Å²) in [6.07, 6.45) is 0.411. The first kappa shape index (κ1) is 18.5. The number of nitrogens with one attached hydrogen (secondary N) is 2. The monoisotopic (exact) mass is 340 g/mol. The van der Waals surface area contributed by atoms with Crippen molar-refractivity contribution in [1.82, 2.24) is 0 Å². The minimum Gasteiger partial charge on any atom is -0.489 e. The van der Waals surface area contributed by atoms with Crippen LogP contribution in [0.25, 0.3) is 0 Å². The van der Waals surface area contributed by atoms with Crippen molar-refractivity contribution >= 4 is 23.1 Å². The van der Waals surface area contributed by atoms with Gasteiger partial charge in [0, 0.05) is 24.2 Å². The Morgan fingerprint density at radius 1 is 1.04 bits per heavy atom. The van der Waals surface area contributed by atoms with Gasteiger partial charge in [-0.1, -0.05) is 12.1 Å². The molecule has 0 radical (unpaired) electrons. The van der Waals surface area contributed by atoms with Gasteiger partial charge in [-0.05, 0) is 57.2 Å². The van der Waals surface area contributed by atoms with Crippen LogP contribution in [0.1, 0.15) is 37.6 Å². The second-order valence-electron chi connectivity index (χ2n) is 6.02. The van der Waals surface area contributed by atoms with Crippen molar-refractivity contribution < 1.29 is 14.3 Å². The molecule has 0 heterocycles. The first-order chi connectivity index (χ1) is 12.0. The van der Waals surface area contributed by atoms with E-state index in [1.807, 2.05) is 38.1 Å². The molecule has 1 amide bonds. The van der Waals surface area contributed by atoms with Gasteiger partial charge >= 0.3 is 0 Å². The highest BCUT2D eigenvalue weighted by Gasteiger charge is 2.07. The molecule has 0 aliphatic rings. The van der Waals surface area contributed by atoms with Crippen LogP contribution in [-0.4, -0.2) is 24.3 Å². The quantitative estimate of drug-likeness (QED) is 0.710. The number of carbonyl (C=O) groups is 2. The average molecular weight is 340 g/mol. The molecule has 25 heavy (non-hydrogen) atoms. The van der Waals surface area contributed by atoms with Crippen molar-refractivity contribution in [3.63, 3.8) is 0 Å². The highest BCUT2D eigenvalue weighted by molar-refractivity contribution is 5.95. The Morgan fingerprint density at radius 3 is 2.36 bits per heavy atom. The Labute approximate surface area is 148 Å². The van der Waals surface area contributed by atoms with Gasteiger partial charge in [0.15, 0.2) is 5.78 Å². The second kappa shape index (κ2) is 8.87. The van der Waals surface area contributed by atoms with E-state index in [0.717, 1.165) is 11.4 Å². The number of ketones is 1. The summed E-state index contributed by atoms with van der Waals surface area (Å²) >= 11 is 0. The normalized spacial score (nSPS) is 10.4. The summed E-state index contributed by atoms with van der Waals surface area (Å²) in [7, 11) is 0. The fraction of sp³-hybridized carbons (Fsp3) is 0.300. The van der Waals surface area contributed by atoms with Crippen LogP contribution >= 0.6 is 0 Å². The molecular weight excluding hydrogens is 316 g/mol. The molecule has 2 aromatic carbocycles. The molecule has 0 aromatic heterocycles. The van der Waals surface area contributed by atoms with E-state index in [9.17, 15) is 9.59 Å². The molecule has 2 aromatic rings. The van der Waals surface area contributed by atoms with Crippen molar-refractivity contribution in [2.75, 3.05) is 17.2 Å². The van der Waals surface area contributed by atoms with Gasteiger partial charge in [0.2, 0.25) is 5.91 Å². The van der Waals surface area contributed by atoms with Crippen LogP contribution in [0.2, 0.25) is 0 Å². The number of benzene rings is 2. The lowest BCUT2D eigenvalue weighted by molar-refractivity contribution is -0.115. The molecular formula is C20H24N2O3. The average Bonchev–Trinajstić information content (AvgIpc) is 2.56. The van der Waals surface area contributed by atoms with E-state index in [4.69, 9.17) is 4.74 Å². The standard InChI is InChI=1S/C20H24N2O3/c1-14(2)25-19-7-5-4-6-18(19)21-13-12-20(24)22-17-10-8-16(9-11-17)15(3)23/h4-11,14,21H,12-13H2,1-3H3,(H,22,24). The number of ether oxygens (including phenoxy) is 1. The number of para-hydroxylation sites is 2. The maximum Gasteiger partial charge on any atom is 0.226 e. The Bertz CT molecular complexity index is 724. The fourth-order valence-corrected chi connectivity index (χ4v) is 2.29. The van der Waals surface area contributed by atoms with Gasteiger partial charge in [-0.15, -0.1) is 0 Å². The first-order valence-electron chi connectivity index (χ1n) is 8.36. The molecule has 5 nitrogen and oxygen atoms in total. The van der Waals surface area contributed by atoms with Crippen LogP contribution in [-0.2, 0) is 4.79 Å². The molecule has 0 spiro atoms. The summed E-state index contributed by atoms with van der Waals surface area (Å²) in [5, 5.41) is 6.05. The van der Waals surface area contributed by atoms with Crippen LogP contribution in [0, 0.1) is 0 Å². The van der Waals surface area contributed by atoms with Crippen LogP contribution in [0.4, 0.5) is 11.4 Å². The Balaban J connectivity index is 1.83. The lowest BCUT2D eigenvalue weighted by Crippen LogP contribution is -2.17. The summed E-state index contributed by atoms with van der Waals surface area (Å²) < 4.78 is 5.74. The lowest BCUT2D eigenvalue weighted by atomic mass is 10.1. The van der Waals surface area contributed by atoms with Gasteiger partial charge in [0.05, 0.1) is 11.8 Å². The van der Waals surface area contributed by atoms with Crippen molar-refractivity contribution in [1.29, 1.82) is 0 Å². The molecule has 0 fully saturated rings. The number of carbonyl (C=O) groups excluding carboxylic acids is 2. The van der Waals surface area contributed by atoms with E-state index in [0.29, 0.717) is 24.2 Å². The van der Waals surface area contributed by atoms with E-state index >= 15 is 0 Å². The third kappa shape index (κ3) is 5.95. The maximum atomic E-state index is 12.0. The van der Waals surface area contributed by atoms with Gasteiger partial charge in [0.25, 0.3) is 0 Å². The van der Waals surface area contributed by atoms with Gasteiger partial charge in [0.1, 0.15) is 5.75 Å². The minimum atomic E-state index is -0.0923. The zero-order valence-corrected chi connectivity index (χ0v) is 14.8. The van der Waals surface area contributed by atoms with Crippen LogP contribution in [0.3, 0.4) is 0 Å². The third-order valence-electron chi connectivity index (χ3n) is 3.49. The minimum absolute atomic E-state index is 0.00404. The van der Waals surface area contributed by atoms with Crippen molar-refractivity contribution in [3.05, 3.63) is 54.1 Å². The smallest absolute Gasteiger partial charge is 0.226 e. The molecule has 0 unspecified atom stereocenters. The summed E-state index contributed by atoms with van der Waals surface area (Å²) in [6.45, 7) is 5.96. The van der Waals surface area contributed by atoms with Gasteiger partial charge < -0.3 is 15.4 Å². The van der Waals surface area contributed by atoms with E-state index in [-0.39, 0.29) is 17.8 Å². The zero-order chi connectivity index (χ0) is 18.2. The molecule has 2 N–H and O–H groups in total. The van der Waals surface area contributed by atoms with Crippen molar-refractivity contribution in [3.8, 4) is 5.75 Å². The van der Waals surface area contributed by atoms with Gasteiger partial charge in [-0.3, -0.25) is 9.59 Å². The maximum absolute atomic E-state index is 12.0. The SMILES string of the molecule is CC(=O)c1ccc(NC(=O)CCNc2ccccc2OC(C)C)cc1. The first-order valence-corrected chi connectivity index (χ1v) is 8.36. The van der Waals surface area contributed by atoms with Crippen molar-refractivity contribution in [2.45, 2.75) is 33.3 Å². The number of Topliss-reactive ketones (excluding diaryl/α,β-unsaturated/α-hetero) is 1.